The molecule has 0 N–H and O–H groups in total. The van der Waals surface area contributed by atoms with Crippen molar-refractivity contribution >= 4 is 37.2 Å². The Balaban J connectivity index is 0. The van der Waals surface area contributed by atoms with Crippen LogP contribution in [0, 0.1) is 0 Å². The van der Waals surface area contributed by atoms with Crippen molar-refractivity contribution in [2.45, 2.75) is 6.92 Å². The summed E-state index contributed by atoms with van der Waals surface area (Å²) < 4.78 is 2.09. The molecule has 0 nitrogen and oxygen atoms in total. The molecule has 0 fully saturated rings. The summed E-state index contributed by atoms with van der Waals surface area (Å²) in [6.07, 6.45) is 6.08. The summed E-state index contributed by atoms with van der Waals surface area (Å²) in [7, 11) is 0. The van der Waals surface area contributed by atoms with Crippen molar-refractivity contribution in [3.05, 3.63) is 22.0 Å². The summed E-state index contributed by atoms with van der Waals surface area (Å²) in [5.41, 5.74) is 0. The first-order chi connectivity index (χ1) is 4.33. The van der Waals surface area contributed by atoms with Gasteiger partial charge in [-0.05, 0) is 0 Å². The van der Waals surface area contributed by atoms with E-state index >= 15 is 0 Å². The fourth-order valence-corrected chi connectivity index (χ4v) is 0.440. The van der Waals surface area contributed by atoms with E-state index in [0.29, 0.717) is 13.3 Å². The molecule has 0 atom stereocenters. The molecule has 0 aliphatic heterocycles. The Morgan fingerprint density at radius 2 is 1.78 bits per heavy atom. The second kappa shape index (κ2) is 16.9. The van der Waals surface area contributed by atoms with Gasteiger partial charge in [-0.15, -0.1) is 0 Å². The summed E-state index contributed by atoms with van der Waals surface area (Å²) >= 11 is 6.76. The first kappa shape index (κ1) is 14.1. The van der Waals surface area contributed by atoms with Gasteiger partial charge in [0.2, 0.25) is 0 Å². The van der Waals surface area contributed by atoms with Gasteiger partial charge in [-0.1, -0.05) is 0 Å². The third-order valence-corrected chi connectivity index (χ3v) is 0.873. The second-order valence-electron chi connectivity index (χ2n) is 0.939. The Kier molecular flexibility index (Phi) is 26.4. The van der Waals surface area contributed by atoms with E-state index in [1.807, 2.05) is 25.2 Å². The molecule has 0 spiro atoms. The van der Waals surface area contributed by atoms with E-state index < -0.39 is 0 Å². The van der Waals surface area contributed by atoms with Crippen LogP contribution in [0.2, 0.25) is 0 Å². The molecule has 9 heavy (non-hydrogen) atoms. The van der Waals surface area contributed by atoms with Crippen LogP contribution < -0.4 is 13.3 Å². The standard InChI is InChI=1S/C5H7.I3.Zr/c1-3-5-4-2;1-3-2;/h1,3-5H,2H3;;/q;-1;. The summed E-state index contributed by atoms with van der Waals surface area (Å²) in [6, 6.07) is 0. The van der Waals surface area contributed by atoms with E-state index in [1.54, 1.807) is 0 Å². The average Bonchev–Trinajstić information content (AvgIpc) is 1.86. The molecule has 0 unspecified atom stereocenters. The fourth-order valence-electron chi connectivity index (χ4n) is 0.167. The zero-order valence-corrected chi connectivity index (χ0v) is 13.9. The van der Waals surface area contributed by atoms with Gasteiger partial charge in [0.15, 0.2) is 0 Å². The van der Waals surface area contributed by atoms with Crippen LogP contribution in [0.15, 0.2) is 22.0 Å². The Hall–Kier alpha value is 2.55. The van der Waals surface area contributed by atoms with Crippen LogP contribution in [-0.2, 0) is 24.7 Å². The van der Waals surface area contributed by atoms with E-state index in [4.69, 9.17) is 0 Å². The van der Waals surface area contributed by atoms with Gasteiger partial charge >= 0.3 is 104 Å². The van der Waals surface area contributed by atoms with Crippen LogP contribution in [0.1, 0.15) is 6.92 Å². The normalized spacial score (nSPS) is 10.0. The van der Waals surface area contributed by atoms with Gasteiger partial charge in [-0.2, -0.15) is 0 Å². The van der Waals surface area contributed by atoms with Crippen molar-refractivity contribution in [1.82, 2.24) is 0 Å². The molecule has 0 heterocycles. The van der Waals surface area contributed by atoms with E-state index in [1.165, 1.54) is 24.7 Å². The van der Waals surface area contributed by atoms with Crippen molar-refractivity contribution < 1.29 is 38.0 Å². The second-order valence-corrected chi connectivity index (χ2v) is 18.0. The van der Waals surface area contributed by atoms with E-state index in [9.17, 15) is 0 Å². The molecule has 0 aromatic rings. The van der Waals surface area contributed by atoms with Gasteiger partial charge in [-0.25, -0.2) is 0 Å². The Morgan fingerprint density at radius 3 is 1.89 bits per heavy atom. The van der Waals surface area contributed by atoms with Gasteiger partial charge in [0.25, 0.3) is 0 Å². The predicted octanol–water partition coefficient (Wildman–Crippen LogP) is 0.398. The maximum atomic E-state index is 2.39. The van der Waals surface area contributed by atoms with Gasteiger partial charge in [0.05, 0.1) is 0 Å². The molecule has 0 aliphatic carbocycles. The SMILES string of the molecule is CC=CC=[CH][Zr].I[I-]I. The van der Waals surface area contributed by atoms with E-state index in [-0.39, 0.29) is 0 Å². The molecule has 0 aromatic carbocycles. The number of halogens is 3. The van der Waals surface area contributed by atoms with Crippen LogP contribution in [0.4, 0.5) is 0 Å². The van der Waals surface area contributed by atoms with Crippen LogP contribution in [0.5, 0.6) is 0 Å². The molecule has 0 aliphatic rings. The Labute approximate surface area is 102 Å². The summed E-state index contributed by atoms with van der Waals surface area (Å²) in [5, 5.41) is 0. The zero-order valence-electron chi connectivity index (χ0n) is 4.94. The van der Waals surface area contributed by atoms with Gasteiger partial charge in [0, 0.05) is 0 Å². The average molecular weight is 539 g/mol. The van der Waals surface area contributed by atoms with Crippen LogP contribution in [0.25, 0.3) is 0 Å². The summed E-state index contributed by atoms with van der Waals surface area (Å²) in [5.74, 6) is 0. The third-order valence-electron chi connectivity index (χ3n) is 0.400. The van der Waals surface area contributed by atoms with Gasteiger partial charge < -0.3 is 0 Å². The maximum absolute atomic E-state index is 2.39. The monoisotopic (exact) mass is 538 g/mol. The molecule has 0 saturated heterocycles. The number of allylic oxidation sites excluding steroid dienone is 3. The van der Waals surface area contributed by atoms with Crippen molar-refractivity contribution in [2.75, 3.05) is 0 Å². The van der Waals surface area contributed by atoms with Crippen LogP contribution in [-0.4, -0.2) is 0 Å². The number of rotatable bonds is 1. The van der Waals surface area contributed by atoms with Crippen LogP contribution in [0.3, 0.4) is 0 Å². The number of hydrogen-bond donors (Lipinski definition) is 0. The third kappa shape index (κ3) is 25.0. The summed E-state index contributed by atoms with van der Waals surface area (Å²) in [6.45, 7) is 2.01. The van der Waals surface area contributed by atoms with Gasteiger partial charge in [-0.3, -0.25) is 0 Å². The molecular formula is C5H7I3Zr-. The molecule has 0 bridgehead atoms. The Morgan fingerprint density at radius 1 is 1.33 bits per heavy atom. The van der Waals surface area contributed by atoms with Crippen molar-refractivity contribution in [3.63, 3.8) is 0 Å². The fraction of sp³-hybridized carbons (Fsp3) is 0.200. The molecule has 53 valence electrons. The molecule has 0 amide bonds. The van der Waals surface area contributed by atoms with Gasteiger partial charge in [0.1, 0.15) is 0 Å². The van der Waals surface area contributed by atoms with E-state index in [0.717, 1.165) is 0 Å². The quantitative estimate of drug-likeness (QED) is 0.335. The molecule has 4 heteroatoms. The van der Waals surface area contributed by atoms with Crippen molar-refractivity contribution in [2.24, 2.45) is 0 Å². The molecule has 0 aromatic heterocycles. The number of hydrogen-bond acceptors (Lipinski definition) is 0. The minimum absolute atomic E-state index is 0.530. The molecule has 0 rings (SSSR count). The molecule has 0 radical (unpaired) electrons. The zero-order chi connectivity index (χ0) is 7.54. The minimum atomic E-state index is 0.530. The topological polar surface area (TPSA) is 0 Å². The first-order valence-corrected chi connectivity index (χ1v) is 16.1. The first-order valence-electron chi connectivity index (χ1n) is 2.15. The molecular weight excluding hydrogens is 532 g/mol. The molecule has 0 saturated carbocycles. The van der Waals surface area contributed by atoms with Crippen molar-refractivity contribution in [3.8, 4) is 0 Å². The van der Waals surface area contributed by atoms with Crippen LogP contribution >= 0.6 is 37.2 Å². The van der Waals surface area contributed by atoms with E-state index in [2.05, 4.69) is 41.0 Å². The van der Waals surface area contributed by atoms with Crippen molar-refractivity contribution in [1.29, 1.82) is 0 Å². The predicted molar refractivity (Wildman–Crippen MR) is 52.0 cm³/mol. The Bertz CT molecular complexity index is 70.3. The summed E-state index contributed by atoms with van der Waals surface area (Å²) in [4.78, 5) is 0.